The predicted octanol–water partition coefficient (Wildman–Crippen LogP) is 3.47. The van der Waals surface area contributed by atoms with E-state index < -0.39 is 0 Å². The summed E-state index contributed by atoms with van der Waals surface area (Å²) in [5.74, 6) is 0. The third kappa shape index (κ3) is 6.65. The van der Waals surface area contributed by atoms with Crippen LogP contribution < -0.4 is 4.46 Å². The van der Waals surface area contributed by atoms with Gasteiger partial charge in [-0.2, -0.15) is 0 Å². The Hall–Kier alpha value is -0.591. The van der Waals surface area contributed by atoms with Gasteiger partial charge in [-0.25, -0.2) is 0 Å². The van der Waals surface area contributed by atoms with E-state index in [9.17, 15) is 0 Å². The normalized spacial score (nSPS) is 11.5. The van der Waals surface area contributed by atoms with Crippen LogP contribution in [0.25, 0.3) is 0 Å². The first-order chi connectivity index (χ1) is 8.36. The van der Waals surface area contributed by atoms with Crippen LogP contribution in [0.2, 0.25) is 5.32 Å². The molecule has 1 nitrogen and oxygen atoms in total. The fourth-order valence-corrected chi connectivity index (χ4v) is 3.48. The van der Waals surface area contributed by atoms with E-state index in [1.165, 1.54) is 29.0 Å². The third-order valence-corrected chi connectivity index (χ3v) is 5.05. The molecule has 1 rings (SSSR count). The van der Waals surface area contributed by atoms with E-state index in [0.29, 0.717) is 21.0 Å². The van der Waals surface area contributed by atoms with Crippen molar-refractivity contribution in [3.05, 3.63) is 30.3 Å². The molecule has 2 heteroatoms. The number of unbranched alkanes of at least 4 members (excludes halogenated alkanes) is 1. The molecule has 0 saturated carbocycles. The van der Waals surface area contributed by atoms with E-state index in [1.807, 2.05) is 0 Å². The van der Waals surface area contributed by atoms with Gasteiger partial charge in [-0.15, -0.1) is 0 Å². The van der Waals surface area contributed by atoms with Crippen LogP contribution in [0, 0.1) is 0 Å². The molecule has 17 heavy (non-hydrogen) atoms. The van der Waals surface area contributed by atoms with E-state index in [-0.39, 0.29) is 0 Å². The summed E-state index contributed by atoms with van der Waals surface area (Å²) in [6.07, 6.45) is 6.89. The standard InChI is InChI=1S/C15H23NSe/c1-3-14(4-2)16-12-8-9-13-17-15-10-6-5-7-11-15/h5-7,10-12,14H,3-4,8-9,13H2,1-2H3. The van der Waals surface area contributed by atoms with Gasteiger partial charge >= 0.3 is 112 Å². The molecular formula is C15H23NSe. The summed E-state index contributed by atoms with van der Waals surface area (Å²) in [7, 11) is 0. The first-order valence-electron chi connectivity index (χ1n) is 6.56. The van der Waals surface area contributed by atoms with Crippen molar-refractivity contribution in [1.82, 2.24) is 0 Å². The maximum atomic E-state index is 4.59. The molecule has 0 aliphatic rings. The molecule has 1 aromatic rings. The van der Waals surface area contributed by atoms with Crippen molar-refractivity contribution in [2.45, 2.75) is 50.9 Å². The van der Waals surface area contributed by atoms with Crippen LogP contribution in [0.3, 0.4) is 0 Å². The molecule has 0 N–H and O–H groups in total. The van der Waals surface area contributed by atoms with Gasteiger partial charge in [0.1, 0.15) is 0 Å². The number of benzene rings is 1. The molecule has 0 amide bonds. The van der Waals surface area contributed by atoms with Crippen molar-refractivity contribution >= 4 is 25.6 Å². The topological polar surface area (TPSA) is 12.4 Å². The summed E-state index contributed by atoms with van der Waals surface area (Å²) in [5.41, 5.74) is 0. The summed E-state index contributed by atoms with van der Waals surface area (Å²) in [4.78, 5) is 4.59. The van der Waals surface area contributed by atoms with Gasteiger partial charge in [0.15, 0.2) is 0 Å². The molecule has 0 spiro atoms. The molecule has 0 radical (unpaired) electrons. The third-order valence-electron chi connectivity index (χ3n) is 2.75. The van der Waals surface area contributed by atoms with Crippen LogP contribution in [-0.4, -0.2) is 27.2 Å². The van der Waals surface area contributed by atoms with Gasteiger partial charge in [0.05, 0.1) is 0 Å². The second kappa shape index (κ2) is 9.44. The van der Waals surface area contributed by atoms with E-state index in [4.69, 9.17) is 0 Å². The zero-order valence-corrected chi connectivity index (χ0v) is 12.6. The Morgan fingerprint density at radius 3 is 2.53 bits per heavy atom. The summed E-state index contributed by atoms with van der Waals surface area (Å²) >= 11 is 0.643. The van der Waals surface area contributed by atoms with Gasteiger partial charge in [-0.05, 0) is 0 Å². The van der Waals surface area contributed by atoms with Gasteiger partial charge < -0.3 is 0 Å². The van der Waals surface area contributed by atoms with Crippen molar-refractivity contribution in [2.75, 3.05) is 0 Å². The van der Waals surface area contributed by atoms with Gasteiger partial charge in [0, 0.05) is 0 Å². The Morgan fingerprint density at radius 2 is 1.88 bits per heavy atom. The van der Waals surface area contributed by atoms with Crippen molar-refractivity contribution in [3.63, 3.8) is 0 Å². The van der Waals surface area contributed by atoms with Crippen LogP contribution in [0.4, 0.5) is 0 Å². The average Bonchev–Trinajstić information content (AvgIpc) is 2.39. The van der Waals surface area contributed by atoms with Gasteiger partial charge in [-0.1, -0.05) is 0 Å². The van der Waals surface area contributed by atoms with E-state index in [1.54, 1.807) is 0 Å². The molecule has 1 aromatic carbocycles. The number of hydrogen-bond donors (Lipinski definition) is 0. The number of hydrogen-bond acceptors (Lipinski definition) is 1. The molecule has 0 atom stereocenters. The molecule has 0 aliphatic carbocycles. The average molecular weight is 296 g/mol. The van der Waals surface area contributed by atoms with Gasteiger partial charge in [0.2, 0.25) is 0 Å². The van der Waals surface area contributed by atoms with Crippen LogP contribution >= 0.6 is 0 Å². The maximum absolute atomic E-state index is 4.59. The van der Waals surface area contributed by atoms with Crippen molar-refractivity contribution in [3.8, 4) is 0 Å². The van der Waals surface area contributed by atoms with Crippen LogP contribution in [-0.2, 0) is 0 Å². The SMILES string of the molecule is CCC(CC)N=CCCC[Se]c1ccccc1. The van der Waals surface area contributed by atoms with Crippen LogP contribution in [0.15, 0.2) is 35.3 Å². The summed E-state index contributed by atoms with van der Waals surface area (Å²) in [5, 5.41) is 1.33. The summed E-state index contributed by atoms with van der Waals surface area (Å²) in [6, 6.07) is 11.4. The minimum atomic E-state index is 0.551. The fraction of sp³-hybridized carbons (Fsp3) is 0.533. The van der Waals surface area contributed by atoms with Crippen LogP contribution in [0.1, 0.15) is 39.5 Å². The zero-order valence-electron chi connectivity index (χ0n) is 10.9. The van der Waals surface area contributed by atoms with E-state index in [0.717, 1.165) is 6.42 Å². The fourth-order valence-electron chi connectivity index (χ4n) is 1.60. The summed E-state index contributed by atoms with van der Waals surface area (Å²) < 4.78 is 1.51. The van der Waals surface area contributed by atoms with Gasteiger partial charge in [0.25, 0.3) is 0 Å². The Morgan fingerprint density at radius 1 is 1.18 bits per heavy atom. The molecule has 0 heterocycles. The zero-order chi connectivity index (χ0) is 12.3. The molecule has 0 aromatic heterocycles. The molecule has 0 bridgehead atoms. The van der Waals surface area contributed by atoms with Crippen LogP contribution in [0.5, 0.6) is 0 Å². The molecule has 0 aliphatic heterocycles. The first kappa shape index (κ1) is 14.5. The number of nitrogens with zero attached hydrogens (tertiary/aromatic N) is 1. The Kier molecular flexibility index (Phi) is 8.04. The molecular weight excluding hydrogens is 273 g/mol. The number of aliphatic imine (C=N–C) groups is 1. The summed E-state index contributed by atoms with van der Waals surface area (Å²) in [6.45, 7) is 4.42. The molecule has 0 fully saturated rings. The predicted molar refractivity (Wildman–Crippen MR) is 78.7 cm³/mol. The van der Waals surface area contributed by atoms with Crippen molar-refractivity contribution in [1.29, 1.82) is 0 Å². The van der Waals surface area contributed by atoms with E-state index in [2.05, 4.69) is 55.4 Å². The minimum absolute atomic E-state index is 0.551. The first-order valence-corrected chi connectivity index (χ1v) is 8.63. The number of rotatable bonds is 8. The Balaban J connectivity index is 2.09. The molecule has 94 valence electrons. The Bertz CT molecular complexity index is 304. The second-order valence-electron chi connectivity index (χ2n) is 4.11. The Labute approximate surface area is 112 Å². The van der Waals surface area contributed by atoms with E-state index >= 15 is 0 Å². The second-order valence-corrected chi connectivity index (χ2v) is 6.56. The van der Waals surface area contributed by atoms with Crippen molar-refractivity contribution < 1.29 is 0 Å². The van der Waals surface area contributed by atoms with Gasteiger partial charge in [-0.3, -0.25) is 0 Å². The molecule has 0 unspecified atom stereocenters. The quantitative estimate of drug-likeness (QED) is 0.396. The monoisotopic (exact) mass is 297 g/mol. The van der Waals surface area contributed by atoms with Crippen molar-refractivity contribution in [2.24, 2.45) is 4.99 Å². The molecule has 0 saturated heterocycles.